The molecule has 1 amide bonds. The Bertz CT molecular complexity index is 685. The summed E-state index contributed by atoms with van der Waals surface area (Å²) in [6.07, 6.45) is 5.02. The Labute approximate surface area is 136 Å². The highest BCUT2D eigenvalue weighted by atomic mass is 16.1. The summed E-state index contributed by atoms with van der Waals surface area (Å²) in [5.41, 5.74) is 6.28. The van der Waals surface area contributed by atoms with Crippen LogP contribution in [0.25, 0.3) is 5.65 Å². The second kappa shape index (κ2) is 6.52. The van der Waals surface area contributed by atoms with Gasteiger partial charge in [-0.05, 0) is 18.3 Å². The Kier molecular flexibility index (Phi) is 4.87. The van der Waals surface area contributed by atoms with Gasteiger partial charge in [0.15, 0.2) is 5.82 Å². The minimum Gasteiger partial charge on any atom is -0.368 e. The third kappa shape index (κ3) is 4.18. The molecular formula is C16H26N6O. The molecule has 7 heteroatoms. The van der Waals surface area contributed by atoms with Gasteiger partial charge in [0.1, 0.15) is 11.9 Å². The Morgan fingerprint density at radius 2 is 2.04 bits per heavy atom. The molecule has 1 atom stereocenters. The number of rotatable bonds is 6. The van der Waals surface area contributed by atoms with Gasteiger partial charge < -0.3 is 11.1 Å². The molecule has 23 heavy (non-hydrogen) atoms. The van der Waals surface area contributed by atoms with Gasteiger partial charge in [-0.15, -0.1) is 10.2 Å². The van der Waals surface area contributed by atoms with E-state index >= 15 is 0 Å². The molecule has 1 unspecified atom stereocenters. The summed E-state index contributed by atoms with van der Waals surface area (Å²) in [6.45, 7) is 10.5. The third-order valence-electron chi connectivity index (χ3n) is 3.71. The fourth-order valence-corrected chi connectivity index (χ4v) is 2.37. The second-order valence-electron chi connectivity index (χ2n) is 7.38. The SMILES string of the molecule is CC(C)c1nnc2c(NC(CCC(C)(C)C)C(N)=O)nccn12. The van der Waals surface area contributed by atoms with Crippen LogP contribution in [0, 0.1) is 5.41 Å². The number of carbonyl (C=O) groups excluding carboxylic acids is 1. The second-order valence-corrected chi connectivity index (χ2v) is 7.38. The van der Waals surface area contributed by atoms with E-state index in [1.54, 1.807) is 6.20 Å². The number of nitrogens with one attached hydrogen (secondary N) is 1. The van der Waals surface area contributed by atoms with E-state index < -0.39 is 6.04 Å². The summed E-state index contributed by atoms with van der Waals surface area (Å²) in [6, 6.07) is -0.480. The minimum absolute atomic E-state index is 0.133. The highest BCUT2D eigenvalue weighted by Gasteiger charge is 2.22. The Morgan fingerprint density at radius 3 is 2.61 bits per heavy atom. The molecule has 0 saturated heterocycles. The molecule has 2 aromatic heterocycles. The van der Waals surface area contributed by atoms with Gasteiger partial charge >= 0.3 is 0 Å². The molecule has 2 rings (SSSR count). The van der Waals surface area contributed by atoms with E-state index in [2.05, 4.69) is 55.1 Å². The topological polar surface area (TPSA) is 98.2 Å². The lowest BCUT2D eigenvalue weighted by Gasteiger charge is -2.22. The van der Waals surface area contributed by atoms with E-state index in [-0.39, 0.29) is 17.2 Å². The lowest BCUT2D eigenvalue weighted by atomic mass is 9.88. The van der Waals surface area contributed by atoms with Crippen molar-refractivity contribution in [3.8, 4) is 0 Å². The van der Waals surface area contributed by atoms with Crippen molar-refractivity contribution < 1.29 is 4.79 Å². The van der Waals surface area contributed by atoms with E-state index in [1.165, 1.54) is 0 Å². The van der Waals surface area contributed by atoms with E-state index in [4.69, 9.17) is 5.73 Å². The number of hydrogen-bond donors (Lipinski definition) is 2. The van der Waals surface area contributed by atoms with E-state index in [1.807, 2.05) is 10.6 Å². The number of anilines is 1. The summed E-state index contributed by atoms with van der Waals surface area (Å²) < 4.78 is 1.89. The van der Waals surface area contributed by atoms with E-state index in [0.29, 0.717) is 17.9 Å². The first-order valence-electron chi connectivity index (χ1n) is 7.94. The molecule has 2 aromatic rings. The van der Waals surface area contributed by atoms with Gasteiger partial charge in [0.05, 0.1) is 0 Å². The molecule has 126 valence electrons. The third-order valence-corrected chi connectivity index (χ3v) is 3.71. The number of fused-ring (bicyclic) bond motifs is 1. The molecule has 0 spiro atoms. The zero-order valence-corrected chi connectivity index (χ0v) is 14.5. The van der Waals surface area contributed by atoms with Gasteiger partial charge in [-0.3, -0.25) is 9.20 Å². The van der Waals surface area contributed by atoms with Crippen molar-refractivity contribution in [1.29, 1.82) is 0 Å². The lowest BCUT2D eigenvalue weighted by Crippen LogP contribution is -2.36. The normalized spacial score (nSPS) is 13.5. The number of carbonyl (C=O) groups is 1. The first-order chi connectivity index (χ1) is 10.7. The maximum Gasteiger partial charge on any atom is 0.239 e. The average Bonchev–Trinajstić information content (AvgIpc) is 2.86. The quantitative estimate of drug-likeness (QED) is 0.852. The van der Waals surface area contributed by atoms with E-state index in [9.17, 15) is 4.79 Å². The van der Waals surface area contributed by atoms with Crippen LogP contribution in [0.1, 0.15) is 59.2 Å². The Hall–Kier alpha value is -2.18. The highest BCUT2D eigenvalue weighted by Crippen LogP contribution is 2.24. The molecule has 7 nitrogen and oxygen atoms in total. The van der Waals surface area contributed by atoms with Gasteiger partial charge in [-0.25, -0.2) is 4.98 Å². The smallest absolute Gasteiger partial charge is 0.239 e. The molecule has 0 aliphatic rings. The molecule has 0 aliphatic carbocycles. The molecule has 3 N–H and O–H groups in total. The number of nitrogens with two attached hydrogens (primary N) is 1. The number of amides is 1. The summed E-state index contributed by atoms with van der Waals surface area (Å²) in [5, 5.41) is 11.5. The fraction of sp³-hybridized carbons (Fsp3) is 0.625. The largest absolute Gasteiger partial charge is 0.368 e. The average molecular weight is 318 g/mol. The zero-order chi connectivity index (χ0) is 17.2. The summed E-state index contributed by atoms with van der Waals surface area (Å²) >= 11 is 0. The minimum atomic E-state index is -0.480. The van der Waals surface area contributed by atoms with Crippen LogP contribution >= 0.6 is 0 Å². The van der Waals surface area contributed by atoms with Crippen molar-refractivity contribution in [3.05, 3.63) is 18.2 Å². The molecule has 0 bridgehead atoms. The molecule has 2 heterocycles. The van der Waals surface area contributed by atoms with Crippen molar-refractivity contribution in [2.24, 2.45) is 11.1 Å². The molecule has 0 aliphatic heterocycles. The molecular weight excluding hydrogens is 292 g/mol. The van der Waals surface area contributed by atoms with Gasteiger partial charge in [-0.1, -0.05) is 34.6 Å². The van der Waals surface area contributed by atoms with Crippen LogP contribution in [0.2, 0.25) is 0 Å². The number of nitrogens with zero attached hydrogens (tertiary/aromatic N) is 4. The Morgan fingerprint density at radius 1 is 1.35 bits per heavy atom. The van der Waals surface area contributed by atoms with Crippen LogP contribution in [0.5, 0.6) is 0 Å². The highest BCUT2D eigenvalue weighted by molar-refractivity contribution is 5.83. The summed E-state index contributed by atoms with van der Waals surface area (Å²) in [5.74, 6) is 1.25. The van der Waals surface area contributed by atoms with Gasteiger partial charge in [-0.2, -0.15) is 0 Å². The van der Waals surface area contributed by atoms with Crippen molar-refractivity contribution >= 4 is 17.4 Å². The number of primary amides is 1. The van der Waals surface area contributed by atoms with Crippen LogP contribution in [0.3, 0.4) is 0 Å². The van der Waals surface area contributed by atoms with Gasteiger partial charge in [0.25, 0.3) is 0 Å². The predicted octanol–water partition coefficient (Wildman–Crippen LogP) is 2.34. The monoisotopic (exact) mass is 318 g/mol. The standard InChI is InChI=1S/C16H26N6O/c1-10(2)14-20-21-15-13(18-8-9-22(14)15)19-11(12(17)23)6-7-16(3,4)5/h8-11H,6-7H2,1-5H3,(H2,17,23)(H,18,19). The maximum atomic E-state index is 11.8. The molecule has 0 saturated carbocycles. The van der Waals surface area contributed by atoms with Crippen LogP contribution in [-0.4, -0.2) is 31.5 Å². The fourth-order valence-electron chi connectivity index (χ4n) is 2.37. The first kappa shape index (κ1) is 17.2. The van der Waals surface area contributed by atoms with Crippen LogP contribution < -0.4 is 11.1 Å². The van der Waals surface area contributed by atoms with Crippen LogP contribution in [-0.2, 0) is 4.79 Å². The Balaban J connectivity index is 2.26. The zero-order valence-electron chi connectivity index (χ0n) is 14.5. The summed E-state index contributed by atoms with van der Waals surface area (Å²) in [4.78, 5) is 16.1. The molecule has 0 fully saturated rings. The molecule has 0 aromatic carbocycles. The van der Waals surface area contributed by atoms with Crippen molar-refractivity contribution in [3.63, 3.8) is 0 Å². The van der Waals surface area contributed by atoms with Crippen LogP contribution in [0.15, 0.2) is 12.4 Å². The first-order valence-corrected chi connectivity index (χ1v) is 7.94. The number of hydrogen-bond acceptors (Lipinski definition) is 5. The van der Waals surface area contributed by atoms with Crippen LogP contribution in [0.4, 0.5) is 5.82 Å². The predicted molar refractivity (Wildman–Crippen MR) is 90.2 cm³/mol. The van der Waals surface area contributed by atoms with Gasteiger partial charge in [0, 0.05) is 18.3 Å². The molecule has 0 radical (unpaired) electrons. The van der Waals surface area contributed by atoms with Gasteiger partial charge in [0.2, 0.25) is 11.6 Å². The van der Waals surface area contributed by atoms with Crippen molar-refractivity contribution in [2.45, 2.75) is 59.4 Å². The summed E-state index contributed by atoms with van der Waals surface area (Å²) in [7, 11) is 0. The lowest BCUT2D eigenvalue weighted by molar-refractivity contribution is -0.118. The van der Waals surface area contributed by atoms with Crippen molar-refractivity contribution in [2.75, 3.05) is 5.32 Å². The van der Waals surface area contributed by atoms with Crippen molar-refractivity contribution in [1.82, 2.24) is 19.6 Å². The van der Waals surface area contributed by atoms with E-state index in [0.717, 1.165) is 12.2 Å². The maximum absolute atomic E-state index is 11.8. The number of aromatic nitrogens is 4.